The minimum absolute atomic E-state index is 0.0663. The van der Waals surface area contributed by atoms with Crippen molar-refractivity contribution in [2.75, 3.05) is 7.11 Å². The van der Waals surface area contributed by atoms with E-state index < -0.39 is 16.5 Å². The zero-order valence-electron chi connectivity index (χ0n) is 19.5. The molecule has 1 N–H and O–H groups in total. The molecule has 1 unspecified atom stereocenters. The lowest BCUT2D eigenvalue weighted by molar-refractivity contribution is 0.462. The average Bonchev–Trinajstić information content (AvgIpc) is 2.39. The van der Waals surface area contributed by atoms with Crippen LogP contribution in [0, 0.1) is 0 Å². The van der Waals surface area contributed by atoms with Crippen LogP contribution in [0.25, 0.3) is 0 Å². The van der Waals surface area contributed by atoms with Crippen LogP contribution in [-0.4, -0.2) is 15.3 Å². The predicted octanol–water partition coefficient (Wildman–Crippen LogP) is 6.59. The monoisotopic (exact) mass is 395 g/mol. The Morgan fingerprint density at radius 3 is 1.38 bits per heavy atom. The normalized spacial score (nSPS) is 15.3. The van der Waals surface area contributed by atoms with Gasteiger partial charge in [-0.1, -0.05) is 94.1 Å². The molecule has 0 aliphatic carbocycles. The third-order valence-corrected chi connectivity index (χ3v) is 9.16. The van der Waals surface area contributed by atoms with E-state index in [-0.39, 0.29) is 16.2 Å². The Labute approximate surface area is 165 Å². The molecule has 0 heterocycles. The molecule has 1 rings (SSSR count). The molecule has 2 nitrogen and oxygen atoms in total. The number of rotatable bonds is 4. The van der Waals surface area contributed by atoms with Crippen LogP contribution in [0.15, 0.2) is 12.1 Å². The first-order chi connectivity index (χ1) is 11.4. The molecule has 0 amide bonds. The summed E-state index contributed by atoms with van der Waals surface area (Å²) >= 11 is 0. The van der Waals surface area contributed by atoms with Crippen LogP contribution in [0.3, 0.4) is 0 Å². The Hall–Kier alpha value is -0.213. The van der Waals surface area contributed by atoms with Crippen LogP contribution in [0.2, 0.25) is 19.6 Å². The SMILES string of the molecule is COP(N[Si](C)(C)C)c1c(C(C)(C)C)cc(C(C)(C)C)cc1C(C)(C)C. The summed E-state index contributed by atoms with van der Waals surface area (Å²) in [4.78, 5) is 0. The van der Waals surface area contributed by atoms with Gasteiger partial charge in [0.05, 0.1) is 0 Å². The Bertz CT molecular complexity index is 592. The maximum Gasteiger partial charge on any atom is 0.128 e. The zero-order chi connectivity index (χ0) is 20.7. The van der Waals surface area contributed by atoms with Gasteiger partial charge in [0.1, 0.15) is 16.5 Å². The van der Waals surface area contributed by atoms with Gasteiger partial charge in [0, 0.05) is 12.4 Å². The largest absolute Gasteiger partial charge is 0.344 e. The number of hydrogen-bond acceptors (Lipinski definition) is 2. The predicted molar refractivity (Wildman–Crippen MR) is 123 cm³/mol. The van der Waals surface area contributed by atoms with Gasteiger partial charge in [0.2, 0.25) is 0 Å². The van der Waals surface area contributed by atoms with E-state index in [9.17, 15) is 0 Å². The zero-order valence-corrected chi connectivity index (χ0v) is 21.4. The Morgan fingerprint density at radius 1 is 0.769 bits per heavy atom. The maximum absolute atomic E-state index is 6.10. The highest BCUT2D eigenvalue weighted by atomic mass is 31.2. The first-order valence-corrected chi connectivity index (χ1v) is 14.5. The van der Waals surface area contributed by atoms with Crippen LogP contribution >= 0.6 is 8.30 Å². The van der Waals surface area contributed by atoms with Crippen molar-refractivity contribution in [2.24, 2.45) is 0 Å². The molecule has 150 valence electrons. The summed E-state index contributed by atoms with van der Waals surface area (Å²) in [5.41, 5.74) is 4.52. The number of nitrogens with one attached hydrogen (secondary N) is 1. The Kier molecular flexibility index (Phi) is 7.02. The first-order valence-electron chi connectivity index (χ1n) is 9.69. The van der Waals surface area contributed by atoms with Crippen molar-refractivity contribution in [2.45, 2.75) is 98.2 Å². The topological polar surface area (TPSA) is 21.3 Å². The lowest BCUT2D eigenvalue weighted by Crippen LogP contribution is -2.42. The highest BCUT2D eigenvalue weighted by Crippen LogP contribution is 2.43. The highest BCUT2D eigenvalue weighted by Gasteiger charge is 2.34. The van der Waals surface area contributed by atoms with Crippen LogP contribution in [0.5, 0.6) is 0 Å². The quantitative estimate of drug-likeness (QED) is 0.459. The van der Waals surface area contributed by atoms with E-state index in [0.29, 0.717) is 0 Å². The summed E-state index contributed by atoms with van der Waals surface area (Å²) < 4.78 is 9.98. The molecular formula is C22H42NOPSi. The lowest BCUT2D eigenvalue weighted by Gasteiger charge is -2.37. The summed E-state index contributed by atoms with van der Waals surface area (Å²) in [7, 11) is -0.476. The second kappa shape index (κ2) is 7.66. The van der Waals surface area contributed by atoms with Crippen molar-refractivity contribution in [3.05, 3.63) is 28.8 Å². The van der Waals surface area contributed by atoms with Crippen molar-refractivity contribution < 1.29 is 4.52 Å². The van der Waals surface area contributed by atoms with Gasteiger partial charge in [0.25, 0.3) is 0 Å². The smallest absolute Gasteiger partial charge is 0.128 e. The van der Waals surface area contributed by atoms with Crippen LogP contribution in [-0.2, 0) is 20.8 Å². The van der Waals surface area contributed by atoms with Crippen molar-refractivity contribution >= 4 is 21.8 Å². The van der Waals surface area contributed by atoms with Crippen LogP contribution < -0.4 is 10.1 Å². The van der Waals surface area contributed by atoms with Gasteiger partial charge in [-0.15, -0.1) is 0 Å². The van der Waals surface area contributed by atoms with E-state index in [2.05, 4.69) is 98.8 Å². The average molecular weight is 396 g/mol. The summed E-state index contributed by atoms with van der Waals surface area (Å²) in [6.07, 6.45) is 0. The van der Waals surface area contributed by atoms with Gasteiger partial charge in [-0.25, -0.2) is 0 Å². The molecule has 0 aliphatic heterocycles. The minimum Gasteiger partial charge on any atom is -0.344 e. The molecule has 0 aliphatic rings. The van der Waals surface area contributed by atoms with Crippen molar-refractivity contribution in [3.63, 3.8) is 0 Å². The van der Waals surface area contributed by atoms with Crippen molar-refractivity contribution in [1.82, 2.24) is 4.75 Å². The molecule has 1 aromatic carbocycles. The third kappa shape index (κ3) is 6.16. The second-order valence-electron chi connectivity index (χ2n) is 11.5. The first kappa shape index (κ1) is 23.8. The van der Waals surface area contributed by atoms with Gasteiger partial charge >= 0.3 is 0 Å². The molecule has 0 saturated carbocycles. The summed E-state index contributed by atoms with van der Waals surface area (Å²) in [6, 6.07) is 4.87. The molecule has 0 saturated heterocycles. The molecule has 0 aromatic heterocycles. The van der Waals surface area contributed by atoms with E-state index in [1.807, 2.05) is 7.11 Å². The van der Waals surface area contributed by atoms with E-state index in [1.165, 1.54) is 22.0 Å². The molecular weight excluding hydrogens is 353 g/mol. The summed E-state index contributed by atoms with van der Waals surface area (Å²) in [5, 5.41) is 1.40. The molecule has 4 heteroatoms. The molecule has 0 bridgehead atoms. The molecule has 26 heavy (non-hydrogen) atoms. The van der Waals surface area contributed by atoms with Gasteiger partial charge in [-0.3, -0.25) is 4.75 Å². The summed E-state index contributed by atoms with van der Waals surface area (Å²) in [6.45, 7) is 27.9. The Morgan fingerprint density at radius 2 is 1.15 bits per heavy atom. The van der Waals surface area contributed by atoms with Gasteiger partial charge in [0.15, 0.2) is 0 Å². The van der Waals surface area contributed by atoms with Gasteiger partial charge in [-0.05, 0) is 32.9 Å². The second-order valence-corrected chi connectivity index (χ2v) is 18.3. The molecule has 0 radical (unpaired) electrons. The third-order valence-electron chi connectivity index (χ3n) is 4.41. The molecule has 1 atom stereocenters. The molecule has 0 spiro atoms. The van der Waals surface area contributed by atoms with Crippen LogP contribution in [0.1, 0.15) is 79.0 Å². The van der Waals surface area contributed by atoms with Gasteiger partial charge in [-0.2, -0.15) is 0 Å². The van der Waals surface area contributed by atoms with Crippen LogP contribution in [0.4, 0.5) is 0 Å². The maximum atomic E-state index is 6.10. The van der Waals surface area contributed by atoms with E-state index >= 15 is 0 Å². The number of hydrogen-bond donors (Lipinski definition) is 1. The fourth-order valence-corrected chi connectivity index (χ4v) is 7.60. The lowest BCUT2D eigenvalue weighted by atomic mass is 9.75. The molecule has 1 aromatic rings. The number of benzene rings is 1. The van der Waals surface area contributed by atoms with Crippen molar-refractivity contribution in [1.29, 1.82) is 0 Å². The standard InChI is InChI=1S/C22H42NOPSi/c1-20(2,3)16-14-17(21(4,5)6)19(18(15-16)22(7,8)9)25(24-10)23-26(11,12)13/h14-15,23H,1-13H3. The Balaban J connectivity index is 3.90. The fraction of sp³-hybridized carbons (Fsp3) is 0.727. The molecule has 0 fully saturated rings. The van der Waals surface area contributed by atoms with E-state index in [4.69, 9.17) is 4.52 Å². The summed E-state index contributed by atoms with van der Waals surface area (Å²) in [5.74, 6) is 0. The fourth-order valence-electron chi connectivity index (χ4n) is 2.93. The van der Waals surface area contributed by atoms with E-state index in [0.717, 1.165) is 0 Å². The van der Waals surface area contributed by atoms with E-state index in [1.54, 1.807) is 0 Å². The minimum atomic E-state index is -1.48. The van der Waals surface area contributed by atoms with Gasteiger partial charge < -0.3 is 4.52 Å². The highest BCUT2D eigenvalue weighted by molar-refractivity contribution is 7.61. The van der Waals surface area contributed by atoms with Crippen molar-refractivity contribution in [3.8, 4) is 0 Å².